The molecule has 0 aliphatic carbocycles. The molecule has 0 saturated carbocycles. The van der Waals surface area contributed by atoms with Crippen LogP contribution in [0.5, 0.6) is 5.75 Å². The van der Waals surface area contributed by atoms with Crippen LogP contribution < -0.4 is 4.74 Å². The lowest BCUT2D eigenvalue weighted by Crippen LogP contribution is -1.97. The van der Waals surface area contributed by atoms with Gasteiger partial charge < -0.3 is 9.84 Å². The van der Waals surface area contributed by atoms with Crippen molar-refractivity contribution in [2.45, 2.75) is 18.9 Å². The SMILES string of the molecule is O[C@H]1CCCOc2cc(Cl)cc(Cl)c21. The molecule has 4 heteroatoms. The van der Waals surface area contributed by atoms with Gasteiger partial charge in [0, 0.05) is 10.6 Å². The zero-order valence-corrected chi connectivity index (χ0v) is 8.98. The maximum atomic E-state index is 9.81. The summed E-state index contributed by atoms with van der Waals surface area (Å²) in [5, 5.41) is 10.8. The second kappa shape index (κ2) is 3.97. The van der Waals surface area contributed by atoms with Crippen LogP contribution in [-0.4, -0.2) is 11.7 Å². The Bertz CT molecular complexity index is 352. The van der Waals surface area contributed by atoms with Crippen molar-refractivity contribution in [1.82, 2.24) is 0 Å². The van der Waals surface area contributed by atoms with Gasteiger partial charge in [-0.05, 0) is 25.0 Å². The minimum Gasteiger partial charge on any atom is -0.493 e. The Labute approximate surface area is 92.4 Å². The molecule has 2 nitrogen and oxygen atoms in total. The van der Waals surface area contributed by atoms with Gasteiger partial charge in [-0.25, -0.2) is 0 Å². The third-order valence-electron chi connectivity index (χ3n) is 2.27. The third kappa shape index (κ3) is 1.83. The minimum atomic E-state index is -0.544. The monoisotopic (exact) mass is 232 g/mol. The van der Waals surface area contributed by atoms with Crippen LogP contribution in [0, 0.1) is 0 Å². The Kier molecular flexibility index (Phi) is 2.86. The van der Waals surface area contributed by atoms with Gasteiger partial charge >= 0.3 is 0 Å². The highest BCUT2D eigenvalue weighted by molar-refractivity contribution is 6.35. The number of rotatable bonds is 0. The average Bonchev–Trinajstić information content (AvgIpc) is 2.27. The number of aliphatic hydroxyl groups is 1. The fraction of sp³-hybridized carbons (Fsp3) is 0.400. The Balaban J connectivity index is 2.53. The smallest absolute Gasteiger partial charge is 0.128 e. The standard InChI is InChI=1S/C10H10Cl2O2/c11-6-4-7(12)10-8(13)2-1-3-14-9(10)5-6/h4-5,8,13H,1-3H2/t8-/m0/s1. The van der Waals surface area contributed by atoms with Crippen molar-refractivity contribution in [3.63, 3.8) is 0 Å². The Morgan fingerprint density at radius 1 is 1.36 bits per heavy atom. The summed E-state index contributed by atoms with van der Waals surface area (Å²) in [5.41, 5.74) is 0.661. The summed E-state index contributed by atoms with van der Waals surface area (Å²) in [7, 11) is 0. The molecule has 1 aliphatic heterocycles. The molecular formula is C10H10Cl2O2. The van der Waals surface area contributed by atoms with Crippen LogP contribution in [0.3, 0.4) is 0 Å². The topological polar surface area (TPSA) is 29.5 Å². The molecule has 0 saturated heterocycles. The van der Waals surface area contributed by atoms with Crippen molar-refractivity contribution < 1.29 is 9.84 Å². The molecule has 1 aliphatic rings. The molecule has 76 valence electrons. The molecule has 1 aromatic rings. The molecule has 1 atom stereocenters. The number of fused-ring (bicyclic) bond motifs is 1. The molecule has 14 heavy (non-hydrogen) atoms. The van der Waals surface area contributed by atoms with Crippen LogP contribution in [0.1, 0.15) is 24.5 Å². The van der Waals surface area contributed by atoms with Gasteiger partial charge in [-0.1, -0.05) is 23.2 Å². The number of ether oxygens (including phenoxy) is 1. The van der Waals surface area contributed by atoms with Gasteiger partial charge in [0.25, 0.3) is 0 Å². The van der Waals surface area contributed by atoms with Crippen molar-refractivity contribution in [3.05, 3.63) is 27.7 Å². The second-order valence-corrected chi connectivity index (χ2v) is 4.15. The molecular weight excluding hydrogens is 223 g/mol. The largest absolute Gasteiger partial charge is 0.493 e. The van der Waals surface area contributed by atoms with Crippen molar-refractivity contribution >= 4 is 23.2 Å². The van der Waals surface area contributed by atoms with E-state index in [1.54, 1.807) is 12.1 Å². The molecule has 0 bridgehead atoms. The Hall–Kier alpha value is -0.440. The van der Waals surface area contributed by atoms with Gasteiger partial charge in [0.1, 0.15) is 5.75 Å². The van der Waals surface area contributed by atoms with E-state index in [2.05, 4.69) is 0 Å². The number of benzene rings is 1. The van der Waals surface area contributed by atoms with Gasteiger partial charge in [0.15, 0.2) is 0 Å². The molecule has 1 N–H and O–H groups in total. The summed E-state index contributed by atoms with van der Waals surface area (Å²) in [5.74, 6) is 0.604. The first-order valence-corrected chi connectivity index (χ1v) is 5.24. The lowest BCUT2D eigenvalue weighted by atomic mass is 10.1. The molecule has 0 spiro atoms. The van der Waals surface area contributed by atoms with Gasteiger partial charge in [-0.2, -0.15) is 0 Å². The maximum Gasteiger partial charge on any atom is 0.128 e. The second-order valence-electron chi connectivity index (χ2n) is 3.31. The van der Waals surface area contributed by atoms with Crippen LogP contribution in [0.2, 0.25) is 10.0 Å². The summed E-state index contributed by atoms with van der Waals surface area (Å²) in [6.07, 6.45) is 0.954. The maximum absolute atomic E-state index is 9.81. The van der Waals surface area contributed by atoms with Crippen LogP contribution >= 0.6 is 23.2 Å². The summed E-state index contributed by atoms with van der Waals surface area (Å²) >= 11 is 11.8. The van der Waals surface area contributed by atoms with Gasteiger partial charge in [0.05, 0.1) is 17.7 Å². The zero-order valence-electron chi connectivity index (χ0n) is 7.46. The molecule has 0 aromatic heterocycles. The highest BCUT2D eigenvalue weighted by atomic mass is 35.5. The van der Waals surface area contributed by atoms with E-state index in [0.717, 1.165) is 6.42 Å². The molecule has 1 heterocycles. The highest BCUT2D eigenvalue weighted by Crippen LogP contribution is 2.38. The lowest BCUT2D eigenvalue weighted by molar-refractivity contribution is 0.167. The first-order valence-electron chi connectivity index (χ1n) is 4.48. The van der Waals surface area contributed by atoms with E-state index < -0.39 is 6.10 Å². The number of aliphatic hydroxyl groups excluding tert-OH is 1. The molecule has 0 fully saturated rings. The van der Waals surface area contributed by atoms with Gasteiger partial charge in [-0.3, -0.25) is 0 Å². The van der Waals surface area contributed by atoms with E-state index in [1.165, 1.54) is 0 Å². The molecule has 0 unspecified atom stereocenters. The molecule has 2 rings (SSSR count). The van der Waals surface area contributed by atoms with Crippen molar-refractivity contribution in [1.29, 1.82) is 0 Å². The van der Waals surface area contributed by atoms with Crippen LogP contribution in [0.4, 0.5) is 0 Å². The predicted octanol–water partition coefficient (Wildman–Crippen LogP) is 3.20. The number of hydrogen-bond donors (Lipinski definition) is 1. The third-order valence-corrected chi connectivity index (χ3v) is 2.80. The first kappa shape index (κ1) is 10.1. The lowest BCUT2D eigenvalue weighted by Gasteiger charge is -2.12. The van der Waals surface area contributed by atoms with Gasteiger partial charge in [0.2, 0.25) is 0 Å². The summed E-state index contributed by atoms with van der Waals surface area (Å²) in [6, 6.07) is 3.32. The van der Waals surface area contributed by atoms with E-state index >= 15 is 0 Å². The van der Waals surface area contributed by atoms with E-state index in [9.17, 15) is 5.11 Å². The average molecular weight is 233 g/mol. The highest BCUT2D eigenvalue weighted by Gasteiger charge is 2.21. The predicted molar refractivity (Wildman–Crippen MR) is 56.2 cm³/mol. The van der Waals surface area contributed by atoms with E-state index in [1.807, 2.05) is 0 Å². The van der Waals surface area contributed by atoms with Crippen molar-refractivity contribution in [3.8, 4) is 5.75 Å². The first-order chi connectivity index (χ1) is 6.68. The Morgan fingerprint density at radius 2 is 2.14 bits per heavy atom. The summed E-state index contributed by atoms with van der Waals surface area (Å²) < 4.78 is 5.45. The van der Waals surface area contributed by atoms with Gasteiger partial charge in [-0.15, -0.1) is 0 Å². The van der Waals surface area contributed by atoms with Crippen LogP contribution in [0.25, 0.3) is 0 Å². The fourth-order valence-electron chi connectivity index (χ4n) is 1.61. The summed E-state index contributed by atoms with van der Waals surface area (Å²) in [4.78, 5) is 0. The zero-order chi connectivity index (χ0) is 10.1. The fourth-order valence-corrected chi connectivity index (χ4v) is 2.21. The number of hydrogen-bond acceptors (Lipinski definition) is 2. The molecule has 0 amide bonds. The Morgan fingerprint density at radius 3 is 2.93 bits per heavy atom. The van der Waals surface area contributed by atoms with E-state index in [4.69, 9.17) is 27.9 Å². The van der Waals surface area contributed by atoms with Crippen molar-refractivity contribution in [2.75, 3.05) is 6.61 Å². The quantitative estimate of drug-likeness (QED) is 0.745. The van der Waals surface area contributed by atoms with E-state index in [0.29, 0.717) is 34.4 Å². The van der Waals surface area contributed by atoms with Crippen molar-refractivity contribution in [2.24, 2.45) is 0 Å². The number of halogens is 2. The minimum absolute atomic E-state index is 0.474. The molecule has 1 aromatic carbocycles. The van der Waals surface area contributed by atoms with E-state index in [-0.39, 0.29) is 0 Å². The van der Waals surface area contributed by atoms with Crippen LogP contribution in [0.15, 0.2) is 12.1 Å². The van der Waals surface area contributed by atoms with Crippen LogP contribution in [-0.2, 0) is 0 Å². The normalized spacial score (nSPS) is 20.9. The molecule has 0 radical (unpaired) electrons. The summed E-state index contributed by atoms with van der Waals surface area (Å²) in [6.45, 7) is 0.598.